The molecule has 0 unspecified atom stereocenters. The Morgan fingerprint density at radius 3 is 2.35 bits per heavy atom. The van der Waals surface area contributed by atoms with Crippen LogP contribution in [0, 0.1) is 29.8 Å². The van der Waals surface area contributed by atoms with E-state index in [2.05, 4.69) is 10.00 Å². The van der Waals surface area contributed by atoms with Crippen LogP contribution in [-0.2, 0) is 11.3 Å². The molecule has 138 valence electrons. The van der Waals surface area contributed by atoms with Gasteiger partial charge in [0, 0.05) is 31.9 Å². The first-order valence-corrected chi connectivity index (χ1v) is 8.33. The number of nitrogens with zero attached hydrogens (tertiary/aromatic N) is 5. The first-order chi connectivity index (χ1) is 12.4. The zero-order valence-corrected chi connectivity index (χ0v) is 14.7. The maximum absolute atomic E-state index is 13.0. The molecule has 1 saturated heterocycles. The number of aryl methyl sites for hydroxylation is 1. The average Bonchev–Trinajstić information content (AvgIpc) is 2.89. The van der Waals surface area contributed by atoms with Gasteiger partial charge >= 0.3 is 5.69 Å². The monoisotopic (exact) mass is 361 g/mol. The fourth-order valence-electron chi connectivity index (χ4n) is 3.20. The Morgan fingerprint density at radius 2 is 1.81 bits per heavy atom. The van der Waals surface area contributed by atoms with E-state index in [1.165, 1.54) is 16.8 Å². The minimum atomic E-state index is -0.472. The number of amides is 1. The third kappa shape index (κ3) is 3.51. The molecule has 0 aliphatic carbocycles. The summed E-state index contributed by atoms with van der Waals surface area (Å²) in [5, 5.41) is 15.2. The molecule has 2 aromatic rings. The number of benzene rings is 1. The van der Waals surface area contributed by atoms with E-state index < -0.39 is 4.92 Å². The molecule has 0 saturated carbocycles. The van der Waals surface area contributed by atoms with Gasteiger partial charge in [-0.2, -0.15) is 5.10 Å². The number of hydrogen-bond donors (Lipinski definition) is 0. The van der Waals surface area contributed by atoms with Crippen LogP contribution in [0.25, 0.3) is 0 Å². The van der Waals surface area contributed by atoms with Crippen LogP contribution in [0.15, 0.2) is 24.3 Å². The molecule has 9 heteroatoms. The second-order valence-electron chi connectivity index (χ2n) is 6.28. The number of anilines is 1. The molecule has 8 nitrogen and oxygen atoms in total. The van der Waals surface area contributed by atoms with E-state index in [0.29, 0.717) is 37.6 Å². The molecule has 1 aliphatic heterocycles. The van der Waals surface area contributed by atoms with Crippen LogP contribution in [-0.4, -0.2) is 51.7 Å². The topological polar surface area (TPSA) is 84.5 Å². The molecule has 26 heavy (non-hydrogen) atoms. The average molecular weight is 361 g/mol. The van der Waals surface area contributed by atoms with Gasteiger partial charge in [0.2, 0.25) is 5.91 Å². The van der Waals surface area contributed by atoms with Gasteiger partial charge in [-0.15, -0.1) is 0 Å². The van der Waals surface area contributed by atoms with Crippen molar-refractivity contribution in [2.24, 2.45) is 0 Å². The molecule has 3 rings (SSSR count). The Balaban J connectivity index is 1.61. The first-order valence-electron chi connectivity index (χ1n) is 8.33. The highest BCUT2D eigenvalue weighted by atomic mass is 19.1. The second-order valence-corrected chi connectivity index (χ2v) is 6.28. The third-order valence-corrected chi connectivity index (χ3v) is 4.64. The quantitative estimate of drug-likeness (QED) is 0.613. The number of carbonyl (C=O) groups is 1. The van der Waals surface area contributed by atoms with Crippen LogP contribution in [0.4, 0.5) is 15.8 Å². The van der Waals surface area contributed by atoms with E-state index in [0.717, 1.165) is 5.69 Å². The van der Waals surface area contributed by atoms with Crippen molar-refractivity contribution in [2.45, 2.75) is 20.4 Å². The van der Waals surface area contributed by atoms with Crippen LogP contribution in [0.3, 0.4) is 0 Å². The van der Waals surface area contributed by atoms with Crippen LogP contribution in [0.5, 0.6) is 0 Å². The Labute approximate surface area is 150 Å². The summed E-state index contributed by atoms with van der Waals surface area (Å²) >= 11 is 0. The van der Waals surface area contributed by atoms with Crippen LogP contribution >= 0.6 is 0 Å². The summed E-state index contributed by atoms with van der Waals surface area (Å²) in [5.74, 6) is -0.397. The smallest absolute Gasteiger partial charge is 0.312 e. The van der Waals surface area contributed by atoms with Gasteiger partial charge < -0.3 is 9.80 Å². The van der Waals surface area contributed by atoms with E-state index in [9.17, 15) is 19.3 Å². The van der Waals surface area contributed by atoms with E-state index >= 15 is 0 Å². The molecule has 0 radical (unpaired) electrons. The second kappa shape index (κ2) is 7.11. The van der Waals surface area contributed by atoms with Gasteiger partial charge in [-0.25, -0.2) is 4.39 Å². The fourth-order valence-corrected chi connectivity index (χ4v) is 3.20. The van der Waals surface area contributed by atoms with Gasteiger partial charge in [-0.3, -0.25) is 19.6 Å². The lowest BCUT2D eigenvalue weighted by molar-refractivity contribution is -0.386. The van der Waals surface area contributed by atoms with E-state index in [-0.39, 0.29) is 24.0 Å². The zero-order valence-electron chi connectivity index (χ0n) is 14.7. The minimum absolute atomic E-state index is 0.0168. The molecule has 1 aromatic heterocycles. The van der Waals surface area contributed by atoms with Gasteiger partial charge in [0.05, 0.1) is 4.92 Å². The van der Waals surface area contributed by atoms with Crippen molar-refractivity contribution in [3.8, 4) is 0 Å². The highest BCUT2D eigenvalue weighted by molar-refractivity contribution is 5.76. The van der Waals surface area contributed by atoms with E-state index in [1.807, 2.05) is 0 Å². The molecule has 0 atom stereocenters. The predicted octanol–water partition coefficient (Wildman–Crippen LogP) is 1.90. The third-order valence-electron chi connectivity index (χ3n) is 4.64. The summed E-state index contributed by atoms with van der Waals surface area (Å²) in [6.45, 7) is 5.51. The SMILES string of the molecule is Cc1nn(CC(=O)N2CCN(c3ccc(F)cc3)CC2)c(C)c1[N+](=O)[O-]. The lowest BCUT2D eigenvalue weighted by Gasteiger charge is -2.36. The summed E-state index contributed by atoms with van der Waals surface area (Å²) in [6, 6.07) is 6.29. The first kappa shape index (κ1) is 17.8. The summed E-state index contributed by atoms with van der Waals surface area (Å²) in [6.07, 6.45) is 0. The van der Waals surface area contributed by atoms with Crippen molar-refractivity contribution in [3.63, 3.8) is 0 Å². The number of halogens is 1. The molecular formula is C17H20FN5O3. The summed E-state index contributed by atoms with van der Waals surface area (Å²) in [7, 11) is 0. The van der Waals surface area contributed by atoms with Crippen molar-refractivity contribution in [1.82, 2.24) is 14.7 Å². The van der Waals surface area contributed by atoms with Gasteiger partial charge in [-0.05, 0) is 38.1 Å². The van der Waals surface area contributed by atoms with Crippen molar-refractivity contribution in [2.75, 3.05) is 31.1 Å². The highest BCUT2D eigenvalue weighted by Gasteiger charge is 2.26. The molecule has 0 spiro atoms. The summed E-state index contributed by atoms with van der Waals surface area (Å²) < 4.78 is 14.4. The Bertz CT molecular complexity index is 826. The largest absolute Gasteiger partial charge is 0.368 e. The van der Waals surface area contributed by atoms with Crippen molar-refractivity contribution in [1.29, 1.82) is 0 Å². The number of aromatic nitrogens is 2. The fraction of sp³-hybridized carbons (Fsp3) is 0.412. The summed E-state index contributed by atoms with van der Waals surface area (Å²) in [4.78, 5) is 26.9. The molecule has 1 amide bonds. The maximum atomic E-state index is 13.0. The minimum Gasteiger partial charge on any atom is -0.368 e. The molecule has 0 bridgehead atoms. The molecule has 2 heterocycles. The van der Waals surface area contributed by atoms with Crippen molar-refractivity contribution in [3.05, 3.63) is 51.6 Å². The normalized spacial score (nSPS) is 14.6. The van der Waals surface area contributed by atoms with Gasteiger partial charge in [0.25, 0.3) is 0 Å². The maximum Gasteiger partial charge on any atom is 0.312 e. The van der Waals surface area contributed by atoms with Crippen LogP contribution in [0.1, 0.15) is 11.4 Å². The molecule has 1 aromatic carbocycles. The molecular weight excluding hydrogens is 341 g/mol. The summed E-state index contributed by atoms with van der Waals surface area (Å²) in [5.41, 5.74) is 1.57. The van der Waals surface area contributed by atoms with Gasteiger partial charge in [0.1, 0.15) is 23.7 Å². The molecule has 1 aliphatic rings. The number of rotatable bonds is 4. The lowest BCUT2D eigenvalue weighted by Crippen LogP contribution is -2.49. The van der Waals surface area contributed by atoms with Crippen molar-refractivity contribution >= 4 is 17.3 Å². The molecule has 0 N–H and O–H groups in total. The number of nitro groups is 1. The predicted molar refractivity (Wildman–Crippen MR) is 93.5 cm³/mol. The van der Waals surface area contributed by atoms with Crippen LogP contribution < -0.4 is 4.90 Å². The Kier molecular flexibility index (Phi) is 4.88. The van der Waals surface area contributed by atoms with Gasteiger partial charge in [0.15, 0.2) is 0 Å². The lowest BCUT2D eigenvalue weighted by atomic mass is 10.2. The zero-order chi connectivity index (χ0) is 18.8. The number of piperazine rings is 1. The number of hydrogen-bond acceptors (Lipinski definition) is 5. The molecule has 1 fully saturated rings. The highest BCUT2D eigenvalue weighted by Crippen LogP contribution is 2.22. The van der Waals surface area contributed by atoms with E-state index in [1.54, 1.807) is 30.9 Å². The number of carbonyl (C=O) groups excluding carboxylic acids is 1. The Morgan fingerprint density at radius 1 is 1.19 bits per heavy atom. The Hall–Kier alpha value is -2.97. The van der Waals surface area contributed by atoms with E-state index in [4.69, 9.17) is 0 Å². The van der Waals surface area contributed by atoms with Crippen LogP contribution in [0.2, 0.25) is 0 Å². The van der Waals surface area contributed by atoms with Crippen molar-refractivity contribution < 1.29 is 14.1 Å². The standard InChI is InChI=1S/C17H20FN5O3/c1-12-17(23(25)26)13(2)22(19-12)11-16(24)21-9-7-20(8-10-21)15-5-3-14(18)4-6-15/h3-6H,7-11H2,1-2H3. The van der Waals surface area contributed by atoms with Gasteiger partial charge in [-0.1, -0.05) is 0 Å².